The summed E-state index contributed by atoms with van der Waals surface area (Å²) < 4.78 is 16.6. The fourth-order valence-corrected chi connectivity index (χ4v) is 1.89. The van der Waals surface area contributed by atoms with E-state index >= 15 is 0 Å². The van der Waals surface area contributed by atoms with Crippen LogP contribution in [-0.4, -0.2) is 20.3 Å². The lowest BCUT2D eigenvalue weighted by atomic mass is 9.99. The van der Waals surface area contributed by atoms with Crippen molar-refractivity contribution in [2.24, 2.45) is 0 Å². The Hall–Kier alpha value is -1.06. The van der Waals surface area contributed by atoms with E-state index < -0.39 is 0 Å². The molecule has 0 aromatic heterocycles. The van der Waals surface area contributed by atoms with Crippen molar-refractivity contribution < 1.29 is 14.2 Å². The smallest absolute Gasteiger partial charge is 0.183 e. The Morgan fingerprint density at radius 2 is 1.67 bits per heavy atom. The molecule has 0 aliphatic carbocycles. The third-order valence-electron chi connectivity index (χ3n) is 2.78. The molecule has 102 valence electrons. The minimum atomic E-state index is -0.289. The van der Waals surface area contributed by atoms with Gasteiger partial charge in [0.1, 0.15) is 5.75 Å². The van der Waals surface area contributed by atoms with Crippen LogP contribution in [0.1, 0.15) is 51.0 Å². The normalized spacial score (nSPS) is 11.3. The quantitative estimate of drug-likeness (QED) is 0.689. The molecular weight excluding hydrogens is 228 g/mol. The molecule has 0 amide bonds. The van der Waals surface area contributed by atoms with E-state index in [0.29, 0.717) is 19.1 Å². The molecule has 0 saturated carbocycles. The van der Waals surface area contributed by atoms with Crippen LogP contribution < -0.4 is 4.74 Å². The van der Waals surface area contributed by atoms with Gasteiger partial charge in [-0.25, -0.2) is 0 Å². The predicted octanol–water partition coefficient (Wildman–Crippen LogP) is 3.89. The van der Waals surface area contributed by atoms with E-state index in [1.165, 1.54) is 5.56 Å². The van der Waals surface area contributed by atoms with Gasteiger partial charge in [-0.1, -0.05) is 19.9 Å². The molecule has 18 heavy (non-hydrogen) atoms. The number of benzene rings is 1. The first-order chi connectivity index (χ1) is 8.63. The van der Waals surface area contributed by atoms with E-state index in [1.54, 1.807) is 7.11 Å². The molecule has 3 heteroatoms. The number of ether oxygens (including phenoxy) is 3. The first-order valence-electron chi connectivity index (χ1n) is 6.55. The van der Waals surface area contributed by atoms with Gasteiger partial charge in [0.2, 0.25) is 0 Å². The molecule has 0 aliphatic rings. The summed E-state index contributed by atoms with van der Waals surface area (Å²) in [5.74, 6) is 1.32. The molecular formula is C15H24O3. The van der Waals surface area contributed by atoms with Crippen molar-refractivity contribution in [2.75, 3.05) is 20.3 Å². The second-order valence-corrected chi connectivity index (χ2v) is 4.40. The molecule has 1 rings (SSSR count). The zero-order valence-corrected chi connectivity index (χ0v) is 12.0. The van der Waals surface area contributed by atoms with Gasteiger partial charge in [0.15, 0.2) is 6.29 Å². The highest BCUT2D eigenvalue weighted by molar-refractivity contribution is 5.39. The first-order valence-corrected chi connectivity index (χ1v) is 6.55. The standard InChI is InChI=1S/C15H24O3/c1-6-17-15(18-7-2)12-8-9-14(16-5)13(10-12)11(3)4/h8-11,15H,6-7H2,1-5H3. The Morgan fingerprint density at radius 1 is 1.06 bits per heavy atom. The number of methoxy groups -OCH3 is 1. The molecule has 0 atom stereocenters. The summed E-state index contributed by atoms with van der Waals surface area (Å²) in [6.45, 7) is 9.51. The first kappa shape index (κ1) is 15.0. The number of hydrogen-bond donors (Lipinski definition) is 0. The molecule has 0 saturated heterocycles. The number of rotatable bonds is 7. The van der Waals surface area contributed by atoms with Gasteiger partial charge in [-0.2, -0.15) is 0 Å². The Kier molecular flexibility index (Phi) is 6.16. The average Bonchev–Trinajstić information content (AvgIpc) is 2.37. The van der Waals surface area contributed by atoms with Crippen LogP contribution in [0.5, 0.6) is 5.75 Å². The predicted molar refractivity (Wildman–Crippen MR) is 73.1 cm³/mol. The van der Waals surface area contributed by atoms with Crippen molar-refractivity contribution in [1.29, 1.82) is 0 Å². The maximum Gasteiger partial charge on any atom is 0.183 e. The minimum Gasteiger partial charge on any atom is -0.496 e. The highest BCUT2D eigenvalue weighted by Gasteiger charge is 2.15. The van der Waals surface area contributed by atoms with Gasteiger partial charge in [-0.15, -0.1) is 0 Å². The van der Waals surface area contributed by atoms with Gasteiger partial charge >= 0.3 is 0 Å². The highest BCUT2D eigenvalue weighted by atomic mass is 16.7. The van der Waals surface area contributed by atoms with Gasteiger partial charge in [0.25, 0.3) is 0 Å². The lowest BCUT2D eigenvalue weighted by Crippen LogP contribution is -2.09. The molecule has 0 fully saturated rings. The fourth-order valence-electron chi connectivity index (χ4n) is 1.89. The van der Waals surface area contributed by atoms with Crippen molar-refractivity contribution in [2.45, 2.75) is 39.9 Å². The minimum absolute atomic E-state index is 0.289. The Morgan fingerprint density at radius 3 is 2.11 bits per heavy atom. The fraction of sp³-hybridized carbons (Fsp3) is 0.600. The van der Waals surface area contributed by atoms with Crippen LogP contribution in [0.25, 0.3) is 0 Å². The van der Waals surface area contributed by atoms with Crippen LogP contribution >= 0.6 is 0 Å². The highest BCUT2D eigenvalue weighted by Crippen LogP contribution is 2.30. The summed E-state index contributed by atoms with van der Waals surface area (Å²) >= 11 is 0. The van der Waals surface area contributed by atoms with Crippen molar-refractivity contribution in [3.05, 3.63) is 29.3 Å². The summed E-state index contributed by atoms with van der Waals surface area (Å²) in [5, 5.41) is 0. The summed E-state index contributed by atoms with van der Waals surface area (Å²) in [6.07, 6.45) is -0.289. The van der Waals surface area contributed by atoms with Crippen LogP contribution in [0, 0.1) is 0 Å². The summed E-state index contributed by atoms with van der Waals surface area (Å²) in [7, 11) is 1.70. The second kappa shape index (κ2) is 7.39. The molecule has 0 N–H and O–H groups in total. The SMILES string of the molecule is CCOC(OCC)c1ccc(OC)c(C(C)C)c1. The van der Waals surface area contributed by atoms with Gasteiger partial charge < -0.3 is 14.2 Å². The third kappa shape index (κ3) is 3.72. The van der Waals surface area contributed by atoms with E-state index in [2.05, 4.69) is 19.9 Å². The Balaban J connectivity index is 3.04. The van der Waals surface area contributed by atoms with Crippen LogP contribution in [0.4, 0.5) is 0 Å². The maximum absolute atomic E-state index is 5.61. The van der Waals surface area contributed by atoms with Crippen molar-refractivity contribution in [3.8, 4) is 5.75 Å². The van der Waals surface area contributed by atoms with Gasteiger partial charge in [0, 0.05) is 18.8 Å². The zero-order chi connectivity index (χ0) is 13.5. The summed E-state index contributed by atoms with van der Waals surface area (Å²) in [5.41, 5.74) is 2.22. The summed E-state index contributed by atoms with van der Waals surface area (Å²) in [4.78, 5) is 0. The topological polar surface area (TPSA) is 27.7 Å². The van der Waals surface area contributed by atoms with Crippen LogP contribution in [0.3, 0.4) is 0 Å². The lowest BCUT2D eigenvalue weighted by Gasteiger charge is -2.20. The largest absolute Gasteiger partial charge is 0.496 e. The second-order valence-electron chi connectivity index (χ2n) is 4.40. The molecule has 1 aromatic rings. The summed E-state index contributed by atoms with van der Waals surface area (Å²) in [6, 6.07) is 6.09. The molecule has 0 radical (unpaired) electrons. The van der Waals surface area contributed by atoms with Crippen LogP contribution in [0.2, 0.25) is 0 Å². The molecule has 0 spiro atoms. The molecule has 0 aliphatic heterocycles. The van der Waals surface area contributed by atoms with Crippen molar-refractivity contribution >= 4 is 0 Å². The van der Waals surface area contributed by atoms with Gasteiger partial charge in [-0.05, 0) is 37.5 Å². The molecule has 1 aromatic carbocycles. The van der Waals surface area contributed by atoms with E-state index in [4.69, 9.17) is 14.2 Å². The zero-order valence-electron chi connectivity index (χ0n) is 12.0. The Bertz CT molecular complexity index is 355. The molecule has 0 heterocycles. The van der Waals surface area contributed by atoms with Gasteiger partial charge in [0.05, 0.1) is 7.11 Å². The molecule has 0 unspecified atom stereocenters. The third-order valence-corrected chi connectivity index (χ3v) is 2.78. The van der Waals surface area contributed by atoms with Crippen LogP contribution in [0.15, 0.2) is 18.2 Å². The van der Waals surface area contributed by atoms with E-state index in [9.17, 15) is 0 Å². The van der Waals surface area contributed by atoms with E-state index in [0.717, 1.165) is 11.3 Å². The molecule has 3 nitrogen and oxygen atoms in total. The average molecular weight is 252 g/mol. The Labute approximate surface area is 110 Å². The lowest BCUT2D eigenvalue weighted by molar-refractivity contribution is -0.140. The maximum atomic E-state index is 5.61. The van der Waals surface area contributed by atoms with E-state index in [1.807, 2.05) is 26.0 Å². The van der Waals surface area contributed by atoms with Gasteiger partial charge in [-0.3, -0.25) is 0 Å². The van der Waals surface area contributed by atoms with Crippen molar-refractivity contribution in [3.63, 3.8) is 0 Å². The molecule has 0 bridgehead atoms. The monoisotopic (exact) mass is 252 g/mol. The van der Waals surface area contributed by atoms with Crippen LogP contribution in [-0.2, 0) is 9.47 Å². The number of hydrogen-bond acceptors (Lipinski definition) is 3. The van der Waals surface area contributed by atoms with E-state index in [-0.39, 0.29) is 6.29 Å². The van der Waals surface area contributed by atoms with Crippen molar-refractivity contribution in [1.82, 2.24) is 0 Å².